The number of aromatic nitrogens is 1. The number of rotatable bonds is 6. The van der Waals surface area contributed by atoms with Crippen molar-refractivity contribution in [3.8, 4) is 5.75 Å². The number of aryl methyl sites for hydroxylation is 1. The Labute approximate surface area is 175 Å². The van der Waals surface area contributed by atoms with Crippen molar-refractivity contribution in [1.82, 2.24) is 10.3 Å². The Balaban J connectivity index is 1.51. The normalized spacial score (nSPS) is 16.7. The highest BCUT2D eigenvalue weighted by atomic mass is 79.9. The number of halogens is 4. The Bertz CT molecular complexity index is 859. The van der Waals surface area contributed by atoms with Crippen molar-refractivity contribution in [3.63, 3.8) is 0 Å². The average molecular weight is 472 g/mol. The van der Waals surface area contributed by atoms with E-state index in [4.69, 9.17) is 4.74 Å². The molecule has 0 spiro atoms. The Kier molecular flexibility index (Phi) is 6.66. The molecule has 1 N–H and O–H groups in total. The molecule has 0 saturated carbocycles. The van der Waals surface area contributed by atoms with Crippen LogP contribution in [0.5, 0.6) is 5.75 Å². The molecule has 1 aromatic heterocycles. The molecule has 0 bridgehead atoms. The highest BCUT2D eigenvalue weighted by Crippen LogP contribution is 2.30. The third-order valence-corrected chi connectivity index (χ3v) is 5.31. The first-order chi connectivity index (χ1) is 13.8. The van der Waals surface area contributed by atoms with E-state index in [1.54, 1.807) is 7.11 Å². The van der Waals surface area contributed by atoms with E-state index in [2.05, 4.69) is 26.2 Å². The van der Waals surface area contributed by atoms with Crippen molar-refractivity contribution in [2.24, 2.45) is 0 Å². The first kappa shape index (κ1) is 21.4. The number of amides is 1. The van der Waals surface area contributed by atoms with Gasteiger partial charge in [-0.2, -0.15) is 13.2 Å². The largest absolute Gasteiger partial charge is 0.496 e. The summed E-state index contributed by atoms with van der Waals surface area (Å²) in [6, 6.07) is 8.00. The molecule has 1 aromatic carbocycles. The van der Waals surface area contributed by atoms with E-state index in [-0.39, 0.29) is 11.9 Å². The second kappa shape index (κ2) is 9.02. The second-order valence-electron chi connectivity index (χ2n) is 6.86. The summed E-state index contributed by atoms with van der Waals surface area (Å²) < 4.78 is 44.2. The van der Waals surface area contributed by atoms with Gasteiger partial charge in [0.05, 0.1) is 12.7 Å². The Morgan fingerprint density at radius 2 is 2.14 bits per heavy atom. The zero-order valence-electron chi connectivity index (χ0n) is 15.8. The number of nitrogens with one attached hydrogen (secondary N) is 1. The molecule has 0 radical (unpaired) electrons. The molecule has 2 aromatic rings. The molecule has 1 atom stereocenters. The van der Waals surface area contributed by atoms with Gasteiger partial charge in [0.2, 0.25) is 5.91 Å². The van der Waals surface area contributed by atoms with Crippen LogP contribution in [0.3, 0.4) is 0 Å². The fraction of sp³-hybridized carbons (Fsp3) is 0.400. The lowest BCUT2D eigenvalue weighted by Crippen LogP contribution is -2.37. The van der Waals surface area contributed by atoms with E-state index in [9.17, 15) is 18.0 Å². The van der Waals surface area contributed by atoms with Crippen molar-refractivity contribution >= 4 is 27.7 Å². The van der Waals surface area contributed by atoms with Crippen LogP contribution in [0.1, 0.15) is 24.0 Å². The molecule has 5 nitrogen and oxygen atoms in total. The molecular formula is C20H21BrF3N3O2. The van der Waals surface area contributed by atoms with Crippen molar-refractivity contribution < 1.29 is 22.7 Å². The van der Waals surface area contributed by atoms with Gasteiger partial charge in [0.25, 0.3) is 0 Å². The van der Waals surface area contributed by atoms with Crippen LogP contribution in [0.4, 0.5) is 19.0 Å². The molecular weight excluding hydrogens is 451 g/mol. The van der Waals surface area contributed by atoms with Gasteiger partial charge in [-0.25, -0.2) is 4.98 Å². The number of nitrogens with zero attached hydrogens (tertiary/aromatic N) is 2. The van der Waals surface area contributed by atoms with Crippen molar-refractivity contribution in [2.45, 2.75) is 31.5 Å². The summed E-state index contributed by atoms with van der Waals surface area (Å²) in [5, 5.41) is 3.00. The highest BCUT2D eigenvalue weighted by molar-refractivity contribution is 9.10. The SMILES string of the molecule is COc1ccc(Br)cc1CCC(=O)NC1CCN(c2ccc(C(F)(F)F)cn2)C1. The van der Waals surface area contributed by atoms with E-state index in [1.165, 1.54) is 6.07 Å². The number of carbonyl (C=O) groups is 1. The number of hydrogen-bond donors (Lipinski definition) is 1. The number of methoxy groups -OCH3 is 1. The monoisotopic (exact) mass is 471 g/mol. The summed E-state index contributed by atoms with van der Waals surface area (Å²) in [5.74, 6) is 1.15. The Morgan fingerprint density at radius 3 is 2.79 bits per heavy atom. The number of pyridine rings is 1. The van der Waals surface area contributed by atoms with Gasteiger partial charge in [-0.3, -0.25) is 4.79 Å². The average Bonchev–Trinajstić information content (AvgIpc) is 3.14. The van der Waals surface area contributed by atoms with Gasteiger partial charge >= 0.3 is 6.18 Å². The van der Waals surface area contributed by atoms with Gasteiger partial charge < -0.3 is 15.0 Å². The summed E-state index contributed by atoms with van der Waals surface area (Å²) in [6.07, 6.45) is -1.97. The molecule has 156 valence electrons. The third kappa shape index (κ3) is 5.62. The summed E-state index contributed by atoms with van der Waals surface area (Å²) in [4.78, 5) is 18.1. The Morgan fingerprint density at radius 1 is 1.34 bits per heavy atom. The zero-order valence-corrected chi connectivity index (χ0v) is 17.4. The quantitative estimate of drug-likeness (QED) is 0.685. The molecule has 1 fully saturated rings. The predicted molar refractivity (Wildman–Crippen MR) is 107 cm³/mol. The standard InChI is InChI=1S/C20H21BrF3N3O2/c1-29-17-5-4-15(21)10-13(17)2-7-19(28)26-16-8-9-27(12-16)18-6-3-14(11-25-18)20(22,23)24/h3-6,10-11,16H,2,7-9,12H2,1H3,(H,26,28). The van der Waals surface area contributed by atoms with Crippen molar-refractivity contribution in [3.05, 3.63) is 52.1 Å². The van der Waals surface area contributed by atoms with E-state index >= 15 is 0 Å². The summed E-state index contributed by atoms with van der Waals surface area (Å²) in [6.45, 7) is 1.15. The van der Waals surface area contributed by atoms with Crippen LogP contribution in [0.25, 0.3) is 0 Å². The number of hydrogen-bond acceptors (Lipinski definition) is 4. The van der Waals surface area contributed by atoms with Gasteiger partial charge in [0, 0.05) is 36.2 Å². The fourth-order valence-corrected chi connectivity index (χ4v) is 3.73. The second-order valence-corrected chi connectivity index (χ2v) is 7.77. The molecule has 2 heterocycles. The molecule has 1 unspecified atom stereocenters. The van der Waals surface area contributed by atoms with Crippen LogP contribution in [0.2, 0.25) is 0 Å². The maximum Gasteiger partial charge on any atom is 0.417 e. The van der Waals surface area contributed by atoms with Crippen LogP contribution in [-0.4, -0.2) is 37.1 Å². The molecule has 1 amide bonds. The first-order valence-electron chi connectivity index (χ1n) is 9.16. The molecule has 1 aliphatic rings. The van der Waals surface area contributed by atoms with E-state index in [1.807, 2.05) is 23.1 Å². The minimum absolute atomic E-state index is 0.0593. The van der Waals surface area contributed by atoms with Crippen molar-refractivity contribution in [2.75, 3.05) is 25.1 Å². The molecule has 3 rings (SSSR count). The van der Waals surface area contributed by atoms with Crippen LogP contribution < -0.4 is 15.0 Å². The van der Waals surface area contributed by atoms with E-state index in [0.29, 0.717) is 38.2 Å². The molecule has 1 saturated heterocycles. The highest BCUT2D eigenvalue weighted by Gasteiger charge is 2.31. The summed E-state index contributed by atoms with van der Waals surface area (Å²) in [5.41, 5.74) is 0.173. The molecule has 0 aliphatic carbocycles. The molecule has 9 heteroatoms. The first-order valence-corrected chi connectivity index (χ1v) is 9.95. The lowest BCUT2D eigenvalue weighted by atomic mass is 10.1. The van der Waals surface area contributed by atoms with Gasteiger partial charge in [-0.1, -0.05) is 15.9 Å². The van der Waals surface area contributed by atoms with Gasteiger partial charge in [-0.05, 0) is 48.7 Å². The smallest absolute Gasteiger partial charge is 0.417 e. The number of ether oxygens (including phenoxy) is 1. The maximum absolute atomic E-state index is 12.7. The number of carbonyl (C=O) groups excluding carboxylic acids is 1. The van der Waals surface area contributed by atoms with Crippen molar-refractivity contribution in [1.29, 1.82) is 0 Å². The number of benzene rings is 1. The third-order valence-electron chi connectivity index (χ3n) is 4.82. The summed E-state index contributed by atoms with van der Waals surface area (Å²) in [7, 11) is 1.59. The van der Waals surface area contributed by atoms with Crippen LogP contribution in [-0.2, 0) is 17.4 Å². The van der Waals surface area contributed by atoms with E-state index in [0.717, 1.165) is 28.0 Å². The number of anilines is 1. The van der Waals surface area contributed by atoms with Crippen LogP contribution in [0.15, 0.2) is 41.0 Å². The lowest BCUT2D eigenvalue weighted by Gasteiger charge is -2.18. The minimum Gasteiger partial charge on any atom is -0.496 e. The lowest BCUT2D eigenvalue weighted by molar-refractivity contribution is -0.137. The Hall–Kier alpha value is -2.29. The van der Waals surface area contributed by atoms with Crippen LogP contribution >= 0.6 is 15.9 Å². The minimum atomic E-state index is -4.40. The van der Waals surface area contributed by atoms with Gasteiger partial charge in [0.15, 0.2) is 0 Å². The van der Waals surface area contributed by atoms with Gasteiger partial charge in [0.1, 0.15) is 11.6 Å². The zero-order chi connectivity index (χ0) is 21.0. The van der Waals surface area contributed by atoms with E-state index < -0.39 is 11.7 Å². The fourth-order valence-electron chi connectivity index (χ4n) is 3.32. The molecule has 1 aliphatic heterocycles. The van der Waals surface area contributed by atoms with Crippen LogP contribution in [0, 0.1) is 0 Å². The van der Waals surface area contributed by atoms with Gasteiger partial charge in [-0.15, -0.1) is 0 Å². The summed E-state index contributed by atoms with van der Waals surface area (Å²) >= 11 is 3.42. The molecule has 29 heavy (non-hydrogen) atoms. The number of alkyl halides is 3. The maximum atomic E-state index is 12.7. The predicted octanol–water partition coefficient (Wildman–Crippen LogP) is 4.20. The topological polar surface area (TPSA) is 54.5 Å².